The first kappa shape index (κ1) is 15.4. The Labute approximate surface area is 110 Å². The maximum Gasteiger partial charge on any atom is 0.234 e. The van der Waals surface area contributed by atoms with Crippen LogP contribution in [0.2, 0.25) is 0 Å². The number of carbonyl (C=O) groups is 1. The van der Waals surface area contributed by atoms with Crippen LogP contribution in [0.15, 0.2) is 0 Å². The number of nitrogens with zero attached hydrogens (tertiary/aromatic N) is 2. The highest BCUT2D eigenvalue weighted by atomic mass is 16.3. The summed E-state index contributed by atoms with van der Waals surface area (Å²) in [7, 11) is 0. The van der Waals surface area contributed by atoms with Crippen LogP contribution in [0, 0.1) is 0 Å². The van der Waals surface area contributed by atoms with Crippen LogP contribution in [0.1, 0.15) is 27.2 Å². The van der Waals surface area contributed by atoms with E-state index in [-0.39, 0.29) is 18.1 Å². The predicted octanol–water partition coefficient (Wildman–Crippen LogP) is -0.100. The summed E-state index contributed by atoms with van der Waals surface area (Å²) in [5.41, 5.74) is 0. The van der Waals surface area contributed by atoms with E-state index in [1.165, 1.54) is 0 Å². The summed E-state index contributed by atoms with van der Waals surface area (Å²) in [6.45, 7) is 10.9. The number of nitrogens with one attached hydrogen (secondary N) is 1. The lowest BCUT2D eigenvalue weighted by atomic mass is 10.2. The highest BCUT2D eigenvalue weighted by molar-refractivity contribution is 5.78. The number of β-amino-alcohol motifs (C(OH)–C–C–N with tert-alkyl or cyclic N) is 1. The van der Waals surface area contributed by atoms with Crippen molar-refractivity contribution in [3.8, 4) is 0 Å². The van der Waals surface area contributed by atoms with E-state index in [0.29, 0.717) is 6.54 Å². The van der Waals surface area contributed by atoms with E-state index in [0.717, 1.165) is 39.1 Å². The van der Waals surface area contributed by atoms with Crippen LogP contribution in [-0.2, 0) is 4.79 Å². The van der Waals surface area contributed by atoms with Crippen molar-refractivity contribution in [2.45, 2.75) is 39.3 Å². The zero-order chi connectivity index (χ0) is 13.5. The van der Waals surface area contributed by atoms with Gasteiger partial charge in [0.05, 0.1) is 12.6 Å². The molecular weight excluding hydrogens is 230 g/mol. The van der Waals surface area contributed by atoms with Crippen molar-refractivity contribution in [2.75, 3.05) is 39.3 Å². The number of hydrogen-bond acceptors (Lipinski definition) is 4. The zero-order valence-electron chi connectivity index (χ0n) is 11.9. The molecule has 5 nitrogen and oxygen atoms in total. The molecule has 0 saturated carbocycles. The monoisotopic (exact) mass is 257 g/mol. The SMILES string of the molecule is CCC(O)CN1CCN(CC(=O)NC(C)C)CC1. The highest BCUT2D eigenvalue weighted by Crippen LogP contribution is 2.03. The van der Waals surface area contributed by atoms with Crippen molar-refractivity contribution in [2.24, 2.45) is 0 Å². The van der Waals surface area contributed by atoms with Crippen molar-refractivity contribution in [3.63, 3.8) is 0 Å². The van der Waals surface area contributed by atoms with Gasteiger partial charge in [-0.25, -0.2) is 0 Å². The molecule has 0 bridgehead atoms. The second-order valence-electron chi connectivity index (χ2n) is 5.36. The van der Waals surface area contributed by atoms with Gasteiger partial charge in [-0.1, -0.05) is 6.92 Å². The molecule has 1 saturated heterocycles. The number of rotatable bonds is 6. The lowest BCUT2D eigenvalue weighted by molar-refractivity contribution is -0.123. The summed E-state index contributed by atoms with van der Waals surface area (Å²) in [5.74, 6) is 0.104. The van der Waals surface area contributed by atoms with Gasteiger partial charge in [-0.15, -0.1) is 0 Å². The molecule has 0 spiro atoms. The Morgan fingerprint density at radius 1 is 1.22 bits per heavy atom. The molecule has 1 amide bonds. The van der Waals surface area contributed by atoms with Gasteiger partial charge in [-0.3, -0.25) is 14.6 Å². The smallest absolute Gasteiger partial charge is 0.234 e. The van der Waals surface area contributed by atoms with Crippen LogP contribution >= 0.6 is 0 Å². The van der Waals surface area contributed by atoms with Crippen molar-refractivity contribution in [1.82, 2.24) is 15.1 Å². The van der Waals surface area contributed by atoms with Crippen LogP contribution in [0.25, 0.3) is 0 Å². The van der Waals surface area contributed by atoms with Gasteiger partial charge in [0, 0.05) is 38.8 Å². The third-order valence-electron chi connectivity index (χ3n) is 3.22. The molecule has 1 rings (SSSR count). The molecule has 2 N–H and O–H groups in total. The second-order valence-corrected chi connectivity index (χ2v) is 5.36. The fraction of sp³-hybridized carbons (Fsp3) is 0.923. The Bertz CT molecular complexity index is 251. The fourth-order valence-corrected chi connectivity index (χ4v) is 2.13. The number of aliphatic hydroxyl groups is 1. The van der Waals surface area contributed by atoms with E-state index < -0.39 is 0 Å². The Morgan fingerprint density at radius 2 is 1.78 bits per heavy atom. The van der Waals surface area contributed by atoms with Gasteiger partial charge in [0.2, 0.25) is 5.91 Å². The van der Waals surface area contributed by atoms with E-state index in [2.05, 4.69) is 15.1 Å². The molecule has 0 aromatic rings. The summed E-state index contributed by atoms with van der Waals surface area (Å²) in [6.07, 6.45) is 0.581. The molecule has 1 aliphatic rings. The van der Waals surface area contributed by atoms with Crippen molar-refractivity contribution in [3.05, 3.63) is 0 Å². The molecule has 0 aliphatic carbocycles. The minimum absolute atomic E-state index is 0.104. The maximum absolute atomic E-state index is 11.6. The van der Waals surface area contributed by atoms with Crippen molar-refractivity contribution < 1.29 is 9.90 Å². The van der Waals surface area contributed by atoms with Gasteiger partial charge >= 0.3 is 0 Å². The molecule has 1 unspecified atom stereocenters. The molecule has 1 heterocycles. The first-order valence-electron chi connectivity index (χ1n) is 6.93. The third kappa shape index (κ3) is 5.80. The van der Waals surface area contributed by atoms with E-state index in [1.807, 2.05) is 20.8 Å². The molecular formula is C13H27N3O2. The van der Waals surface area contributed by atoms with Gasteiger partial charge in [0.1, 0.15) is 0 Å². The zero-order valence-corrected chi connectivity index (χ0v) is 11.9. The van der Waals surface area contributed by atoms with Crippen LogP contribution in [-0.4, -0.2) is 72.2 Å². The number of aliphatic hydroxyl groups excluding tert-OH is 1. The minimum Gasteiger partial charge on any atom is -0.392 e. The molecule has 0 aromatic heterocycles. The van der Waals surface area contributed by atoms with Crippen molar-refractivity contribution >= 4 is 5.91 Å². The van der Waals surface area contributed by atoms with Gasteiger partial charge in [-0.2, -0.15) is 0 Å². The van der Waals surface area contributed by atoms with Crippen LogP contribution in [0.3, 0.4) is 0 Å². The largest absolute Gasteiger partial charge is 0.392 e. The quantitative estimate of drug-likeness (QED) is 0.698. The Hall–Kier alpha value is -0.650. The van der Waals surface area contributed by atoms with Gasteiger partial charge in [-0.05, 0) is 20.3 Å². The number of hydrogen-bond donors (Lipinski definition) is 2. The summed E-state index contributed by atoms with van der Waals surface area (Å²) >= 11 is 0. The maximum atomic E-state index is 11.6. The highest BCUT2D eigenvalue weighted by Gasteiger charge is 2.20. The number of amides is 1. The molecule has 1 atom stereocenters. The van der Waals surface area contributed by atoms with Crippen LogP contribution < -0.4 is 5.32 Å². The lowest BCUT2D eigenvalue weighted by Crippen LogP contribution is -2.51. The second kappa shape index (κ2) is 7.71. The first-order chi connectivity index (χ1) is 8.51. The van der Waals surface area contributed by atoms with E-state index in [4.69, 9.17) is 0 Å². The third-order valence-corrected chi connectivity index (χ3v) is 3.22. The Balaban J connectivity index is 2.21. The van der Waals surface area contributed by atoms with Gasteiger partial charge < -0.3 is 10.4 Å². The van der Waals surface area contributed by atoms with E-state index in [9.17, 15) is 9.90 Å². The summed E-state index contributed by atoms with van der Waals surface area (Å²) in [4.78, 5) is 16.1. The normalized spacial score (nSPS) is 20.1. The van der Waals surface area contributed by atoms with Crippen LogP contribution in [0.4, 0.5) is 0 Å². The van der Waals surface area contributed by atoms with Gasteiger partial charge in [0.25, 0.3) is 0 Å². The Kier molecular flexibility index (Phi) is 6.60. The standard InChI is InChI=1S/C13H27N3O2/c1-4-12(17)9-15-5-7-16(8-6-15)10-13(18)14-11(2)3/h11-12,17H,4-10H2,1-3H3,(H,14,18). The first-order valence-corrected chi connectivity index (χ1v) is 6.93. The average Bonchev–Trinajstić information content (AvgIpc) is 2.30. The summed E-state index contributed by atoms with van der Waals surface area (Å²) in [6, 6.07) is 0.207. The summed E-state index contributed by atoms with van der Waals surface area (Å²) < 4.78 is 0. The summed E-state index contributed by atoms with van der Waals surface area (Å²) in [5, 5.41) is 12.5. The number of carbonyl (C=O) groups excluding carboxylic acids is 1. The predicted molar refractivity (Wildman–Crippen MR) is 72.5 cm³/mol. The molecule has 0 aromatic carbocycles. The Morgan fingerprint density at radius 3 is 2.28 bits per heavy atom. The molecule has 1 fully saturated rings. The van der Waals surface area contributed by atoms with E-state index in [1.54, 1.807) is 0 Å². The van der Waals surface area contributed by atoms with Crippen LogP contribution in [0.5, 0.6) is 0 Å². The lowest BCUT2D eigenvalue weighted by Gasteiger charge is -2.35. The van der Waals surface area contributed by atoms with Crippen molar-refractivity contribution in [1.29, 1.82) is 0 Å². The molecule has 106 valence electrons. The minimum atomic E-state index is -0.221. The topological polar surface area (TPSA) is 55.8 Å². The van der Waals surface area contributed by atoms with E-state index >= 15 is 0 Å². The average molecular weight is 257 g/mol. The van der Waals surface area contributed by atoms with Gasteiger partial charge in [0.15, 0.2) is 0 Å². The molecule has 18 heavy (non-hydrogen) atoms. The molecule has 5 heteroatoms. The molecule has 1 aliphatic heterocycles. The number of piperazine rings is 1. The molecule has 0 radical (unpaired) electrons. The fourth-order valence-electron chi connectivity index (χ4n) is 2.13.